The van der Waals surface area contributed by atoms with Crippen LogP contribution in [0.3, 0.4) is 0 Å². The lowest BCUT2D eigenvalue weighted by Crippen LogP contribution is -2.47. The molecule has 1 atom stereocenters. The summed E-state index contributed by atoms with van der Waals surface area (Å²) in [6.07, 6.45) is 1.69. The SMILES string of the molecule is CONc1cc(Br)c(C(C)C)cc1NC1CCCN(C(=O)OC(C)(C)C)C1. The third kappa shape index (κ3) is 6.28. The van der Waals surface area contributed by atoms with Gasteiger partial charge in [-0.1, -0.05) is 29.8 Å². The predicted octanol–water partition coefficient (Wildman–Crippen LogP) is 5.36. The number of likely N-dealkylation sites (tertiary alicyclic amines) is 1. The number of anilines is 2. The minimum absolute atomic E-state index is 0.157. The number of nitrogens with zero attached hydrogens (tertiary/aromatic N) is 1. The van der Waals surface area contributed by atoms with Gasteiger partial charge in [0.2, 0.25) is 0 Å². The van der Waals surface area contributed by atoms with Crippen molar-refractivity contribution >= 4 is 33.4 Å². The molecule has 1 fully saturated rings. The maximum atomic E-state index is 12.4. The third-order valence-electron chi connectivity index (χ3n) is 4.40. The average molecular weight is 442 g/mol. The van der Waals surface area contributed by atoms with E-state index in [0.29, 0.717) is 12.5 Å². The number of nitrogens with one attached hydrogen (secondary N) is 2. The molecule has 1 aliphatic rings. The number of carbonyl (C=O) groups is 1. The fourth-order valence-electron chi connectivity index (χ4n) is 3.15. The van der Waals surface area contributed by atoms with Crippen molar-refractivity contribution in [3.63, 3.8) is 0 Å². The lowest BCUT2D eigenvalue weighted by molar-refractivity contribution is 0.0206. The van der Waals surface area contributed by atoms with Gasteiger partial charge in [0.25, 0.3) is 0 Å². The Morgan fingerprint density at radius 1 is 1.30 bits per heavy atom. The molecule has 7 heteroatoms. The van der Waals surface area contributed by atoms with Crippen LogP contribution in [0.4, 0.5) is 16.2 Å². The zero-order valence-corrected chi connectivity index (χ0v) is 18.8. The molecule has 1 unspecified atom stereocenters. The molecule has 2 rings (SSSR count). The number of ether oxygens (including phenoxy) is 1. The fourth-order valence-corrected chi connectivity index (χ4v) is 3.95. The van der Waals surface area contributed by atoms with Crippen LogP contribution in [-0.4, -0.2) is 42.8 Å². The van der Waals surface area contributed by atoms with Crippen molar-refractivity contribution in [3.8, 4) is 0 Å². The van der Waals surface area contributed by atoms with Crippen molar-refractivity contribution in [1.29, 1.82) is 0 Å². The highest BCUT2D eigenvalue weighted by atomic mass is 79.9. The van der Waals surface area contributed by atoms with Crippen molar-refractivity contribution in [1.82, 2.24) is 4.90 Å². The van der Waals surface area contributed by atoms with Crippen LogP contribution in [0.1, 0.15) is 58.9 Å². The van der Waals surface area contributed by atoms with E-state index in [1.165, 1.54) is 5.56 Å². The van der Waals surface area contributed by atoms with Gasteiger partial charge < -0.3 is 15.0 Å². The van der Waals surface area contributed by atoms with Crippen molar-refractivity contribution in [2.24, 2.45) is 0 Å². The normalized spacial score (nSPS) is 17.8. The van der Waals surface area contributed by atoms with Gasteiger partial charge in [0, 0.05) is 23.6 Å². The molecular weight excluding hydrogens is 410 g/mol. The molecule has 2 N–H and O–H groups in total. The first-order valence-corrected chi connectivity index (χ1v) is 10.3. The highest BCUT2D eigenvalue weighted by Gasteiger charge is 2.28. The molecule has 0 radical (unpaired) electrons. The summed E-state index contributed by atoms with van der Waals surface area (Å²) in [6, 6.07) is 4.32. The monoisotopic (exact) mass is 441 g/mol. The first-order valence-electron chi connectivity index (χ1n) is 9.47. The second kappa shape index (κ2) is 9.15. The Kier molecular flexibility index (Phi) is 7.40. The van der Waals surface area contributed by atoms with E-state index >= 15 is 0 Å². The van der Waals surface area contributed by atoms with Gasteiger partial charge in [0.05, 0.1) is 18.5 Å². The molecule has 0 aliphatic carbocycles. The Morgan fingerprint density at radius 3 is 2.59 bits per heavy atom. The molecule has 1 aromatic carbocycles. The van der Waals surface area contributed by atoms with E-state index in [4.69, 9.17) is 9.57 Å². The molecule has 6 nitrogen and oxygen atoms in total. The number of hydrogen-bond donors (Lipinski definition) is 2. The largest absolute Gasteiger partial charge is 0.444 e. The van der Waals surface area contributed by atoms with Gasteiger partial charge in [-0.25, -0.2) is 4.79 Å². The fraction of sp³-hybridized carbons (Fsp3) is 0.650. The van der Waals surface area contributed by atoms with Gasteiger partial charge in [-0.15, -0.1) is 0 Å². The topological polar surface area (TPSA) is 62.8 Å². The van der Waals surface area contributed by atoms with E-state index in [9.17, 15) is 4.79 Å². The zero-order chi connectivity index (χ0) is 20.2. The first kappa shape index (κ1) is 21.8. The van der Waals surface area contributed by atoms with E-state index in [1.807, 2.05) is 26.8 Å². The van der Waals surface area contributed by atoms with Crippen molar-refractivity contribution in [2.45, 2.75) is 65.0 Å². The van der Waals surface area contributed by atoms with Crippen LogP contribution in [0.5, 0.6) is 0 Å². The molecule has 1 amide bonds. The molecule has 152 valence electrons. The molecule has 0 bridgehead atoms. The van der Waals surface area contributed by atoms with E-state index < -0.39 is 5.60 Å². The van der Waals surface area contributed by atoms with Crippen LogP contribution in [0.2, 0.25) is 0 Å². The number of hydrogen-bond acceptors (Lipinski definition) is 5. The van der Waals surface area contributed by atoms with E-state index in [-0.39, 0.29) is 12.1 Å². The lowest BCUT2D eigenvalue weighted by Gasteiger charge is -2.35. The molecule has 0 spiro atoms. The second-order valence-corrected chi connectivity index (χ2v) is 9.14. The Hall–Kier alpha value is -1.47. The van der Waals surface area contributed by atoms with Crippen molar-refractivity contribution < 1.29 is 14.4 Å². The summed E-state index contributed by atoms with van der Waals surface area (Å²) in [5, 5.41) is 3.59. The second-order valence-electron chi connectivity index (χ2n) is 8.29. The van der Waals surface area contributed by atoms with Gasteiger partial charge in [-0.3, -0.25) is 10.3 Å². The summed E-state index contributed by atoms with van der Waals surface area (Å²) in [4.78, 5) is 19.3. The van der Waals surface area contributed by atoms with Crippen LogP contribution in [0, 0.1) is 0 Å². The summed E-state index contributed by atoms with van der Waals surface area (Å²) >= 11 is 3.64. The van der Waals surface area contributed by atoms with Crippen molar-refractivity contribution in [2.75, 3.05) is 31.0 Å². The Balaban J connectivity index is 2.15. The number of benzene rings is 1. The van der Waals surface area contributed by atoms with Crippen LogP contribution in [-0.2, 0) is 9.57 Å². The van der Waals surface area contributed by atoms with Crippen molar-refractivity contribution in [3.05, 3.63) is 22.2 Å². The third-order valence-corrected chi connectivity index (χ3v) is 5.09. The summed E-state index contributed by atoms with van der Waals surface area (Å²) in [5.74, 6) is 0.390. The van der Waals surface area contributed by atoms with Gasteiger partial charge in [-0.2, -0.15) is 0 Å². The van der Waals surface area contributed by atoms with Crippen LogP contribution < -0.4 is 10.8 Å². The van der Waals surface area contributed by atoms with E-state index in [0.717, 1.165) is 35.2 Å². The number of piperidine rings is 1. The molecule has 27 heavy (non-hydrogen) atoms. The van der Waals surface area contributed by atoms with Crippen LogP contribution in [0.25, 0.3) is 0 Å². The standard InChI is InChI=1S/C20H32BrN3O3/c1-13(2)15-10-17(18(23-26-6)11-16(15)21)22-14-8-7-9-24(12-14)19(25)27-20(3,4)5/h10-11,13-14,22-23H,7-9,12H2,1-6H3. The molecule has 0 aromatic heterocycles. The Morgan fingerprint density at radius 2 is 2.00 bits per heavy atom. The summed E-state index contributed by atoms with van der Waals surface area (Å²) in [7, 11) is 1.60. The quantitative estimate of drug-likeness (QED) is 0.602. The highest BCUT2D eigenvalue weighted by molar-refractivity contribution is 9.10. The molecule has 1 aliphatic heterocycles. The van der Waals surface area contributed by atoms with Crippen LogP contribution in [0.15, 0.2) is 16.6 Å². The minimum Gasteiger partial charge on any atom is -0.444 e. The molecule has 1 heterocycles. The van der Waals surface area contributed by atoms with Gasteiger partial charge >= 0.3 is 6.09 Å². The van der Waals surface area contributed by atoms with Gasteiger partial charge in [0.15, 0.2) is 0 Å². The highest BCUT2D eigenvalue weighted by Crippen LogP contribution is 2.34. The van der Waals surface area contributed by atoms with E-state index in [1.54, 1.807) is 12.0 Å². The number of rotatable bonds is 5. The smallest absolute Gasteiger partial charge is 0.410 e. The number of amides is 1. The number of carbonyl (C=O) groups excluding carboxylic acids is 1. The first-order chi connectivity index (χ1) is 12.6. The van der Waals surface area contributed by atoms with Crippen LogP contribution >= 0.6 is 15.9 Å². The Bertz CT molecular complexity index is 659. The van der Waals surface area contributed by atoms with Gasteiger partial charge in [-0.05, 0) is 57.2 Å². The maximum absolute atomic E-state index is 12.4. The Labute approximate surface area is 171 Å². The van der Waals surface area contributed by atoms with Gasteiger partial charge in [0.1, 0.15) is 5.60 Å². The summed E-state index contributed by atoms with van der Waals surface area (Å²) < 4.78 is 6.57. The summed E-state index contributed by atoms with van der Waals surface area (Å²) in [6.45, 7) is 11.4. The zero-order valence-electron chi connectivity index (χ0n) is 17.2. The average Bonchev–Trinajstić information content (AvgIpc) is 2.56. The predicted molar refractivity (Wildman–Crippen MR) is 113 cm³/mol. The molecule has 1 saturated heterocycles. The maximum Gasteiger partial charge on any atom is 0.410 e. The number of halogens is 1. The molecular formula is C20H32BrN3O3. The lowest BCUT2D eigenvalue weighted by atomic mass is 10.0. The van der Waals surface area contributed by atoms with E-state index in [2.05, 4.69) is 46.6 Å². The molecule has 1 aromatic rings. The summed E-state index contributed by atoms with van der Waals surface area (Å²) in [5.41, 5.74) is 5.52. The molecule has 0 saturated carbocycles. The minimum atomic E-state index is -0.481.